The second kappa shape index (κ2) is 4.90. The highest BCUT2D eigenvalue weighted by Crippen LogP contribution is 2.35. The summed E-state index contributed by atoms with van der Waals surface area (Å²) < 4.78 is 0. The summed E-state index contributed by atoms with van der Waals surface area (Å²) in [6, 6.07) is 6.57. The first kappa shape index (κ1) is 12.6. The van der Waals surface area contributed by atoms with Gasteiger partial charge in [0.25, 0.3) is 0 Å². The molecule has 3 heterocycles. The van der Waals surface area contributed by atoms with Gasteiger partial charge in [0.05, 0.1) is 23.6 Å². The average Bonchev–Trinajstić information content (AvgIpc) is 2.88. The number of anilines is 1. The third-order valence-electron chi connectivity index (χ3n) is 3.61. The molecule has 2 aromatic rings. The van der Waals surface area contributed by atoms with Gasteiger partial charge in [0.15, 0.2) is 0 Å². The quantitative estimate of drug-likeness (QED) is 0.863. The zero-order valence-corrected chi connectivity index (χ0v) is 12.3. The maximum Gasteiger partial charge on any atom is 0.122 e. The lowest BCUT2D eigenvalue weighted by Crippen LogP contribution is -2.33. The third kappa shape index (κ3) is 2.24. The fourth-order valence-corrected chi connectivity index (χ4v) is 3.65. The SMILES string of the molecule is CC1c2ccsc2CCN1c1ccc(C(N)=S)nc1. The predicted octanol–water partition coefficient (Wildman–Crippen LogP) is 2.90. The Morgan fingerprint density at radius 2 is 2.32 bits per heavy atom. The summed E-state index contributed by atoms with van der Waals surface area (Å²) in [5, 5.41) is 2.18. The fourth-order valence-electron chi connectivity index (χ4n) is 2.56. The minimum absolute atomic E-state index is 0.346. The van der Waals surface area contributed by atoms with Crippen LogP contribution in [0.2, 0.25) is 0 Å². The van der Waals surface area contributed by atoms with Crippen LogP contribution < -0.4 is 10.6 Å². The highest BCUT2D eigenvalue weighted by molar-refractivity contribution is 7.80. The van der Waals surface area contributed by atoms with Crippen LogP contribution in [0, 0.1) is 0 Å². The molecule has 0 fully saturated rings. The van der Waals surface area contributed by atoms with E-state index in [-0.39, 0.29) is 0 Å². The van der Waals surface area contributed by atoms with Crippen LogP contribution in [0.25, 0.3) is 0 Å². The molecule has 1 aliphatic heterocycles. The van der Waals surface area contributed by atoms with E-state index in [1.54, 1.807) is 0 Å². The standard InChI is InChI=1S/C14H15N3S2/c1-9-11-5-7-19-13(11)4-6-17(9)10-2-3-12(14(15)18)16-8-10/h2-3,5,7-9H,4,6H2,1H3,(H2,15,18). The van der Waals surface area contributed by atoms with Gasteiger partial charge in [-0.1, -0.05) is 12.2 Å². The predicted molar refractivity (Wildman–Crippen MR) is 83.9 cm³/mol. The van der Waals surface area contributed by atoms with Gasteiger partial charge < -0.3 is 10.6 Å². The second-order valence-corrected chi connectivity index (χ2v) is 6.12. The van der Waals surface area contributed by atoms with Crippen molar-refractivity contribution in [1.29, 1.82) is 0 Å². The largest absolute Gasteiger partial charge is 0.388 e. The molecule has 0 saturated carbocycles. The van der Waals surface area contributed by atoms with E-state index >= 15 is 0 Å². The molecule has 0 aromatic carbocycles. The average molecular weight is 289 g/mol. The summed E-state index contributed by atoms with van der Waals surface area (Å²) >= 11 is 6.79. The van der Waals surface area contributed by atoms with Crippen LogP contribution in [0.4, 0.5) is 5.69 Å². The first-order valence-electron chi connectivity index (χ1n) is 6.25. The molecule has 0 radical (unpaired) electrons. The molecule has 1 aliphatic rings. The number of hydrogen-bond acceptors (Lipinski definition) is 4. The Hall–Kier alpha value is -1.46. The summed E-state index contributed by atoms with van der Waals surface area (Å²) in [4.78, 5) is 8.56. The van der Waals surface area contributed by atoms with Crippen LogP contribution in [-0.2, 0) is 6.42 Å². The van der Waals surface area contributed by atoms with Crippen molar-refractivity contribution in [3.05, 3.63) is 45.9 Å². The van der Waals surface area contributed by atoms with Gasteiger partial charge in [-0.2, -0.15) is 0 Å². The first-order chi connectivity index (χ1) is 9.16. The van der Waals surface area contributed by atoms with Gasteiger partial charge in [0.2, 0.25) is 0 Å². The number of thiocarbonyl (C=S) groups is 1. The molecule has 0 amide bonds. The summed E-state index contributed by atoms with van der Waals surface area (Å²) in [6.07, 6.45) is 2.97. The molecule has 19 heavy (non-hydrogen) atoms. The van der Waals surface area contributed by atoms with Crippen LogP contribution in [0.15, 0.2) is 29.8 Å². The Kier molecular flexibility index (Phi) is 3.24. The lowest BCUT2D eigenvalue weighted by Gasteiger charge is -2.35. The Balaban J connectivity index is 1.89. The normalized spacial score (nSPS) is 18.2. The van der Waals surface area contributed by atoms with E-state index in [0.717, 1.165) is 18.7 Å². The molecule has 2 aromatic heterocycles. The van der Waals surface area contributed by atoms with Gasteiger partial charge in [0, 0.05) is 11.4 Å². The van der Waals surface area contributed by atoms with Crippen LogP contribution in [0.3, 0.4) is 0 Å². The lowest BCUT2D eigenvalue weighted by molar-refractivity contribution is 0.632. The number of nitrogens with two attached hydrogens (primary N) is 1. The van der Waals surface area contributed by atoms with E-state index in [2.05, 4.69) is 34.3 Å². The molecular weight excluding hydrogens is 274 g/mol. The Labute approximate surface area is 122 Å². The number of aromatic nitrogens is 1. The van der Waals surface area contributed by atoms with Gasteiger partial charge in [-0.05, 0) is 42.5 Å². The molecule has 0 saturated heterocycles. The third-order valence-corrected chi connectivity index (χ3v) is 4.81. The van der Waals surface area contributed by atoms with Crippen molar-refractivity contribution in [2.45, 2.75) is 19.4 Å². The van der Waals surface area contributed by atoms with Crippen molar-refractivity contribution in [2.75, 3.05) is 11.4 Å². The fraction of sp³-hybridized carbons (Fsp3) is 0.286. The molecule has 0 aliphatic carbocycles. The number of hydrogen-bond donors (Lipinski definition) is 1. The number of pyridine rings is 1. The Bertz CT molecular complexity index is 603. The van der Waals surface area contributed by atoms with Gasteiger partial charge in [-0.15, -0.1) is 11.3 Å². The van der Waals surface area contributed by atoms with Crippen LogP contribution in [0.1, 0.15) is 29.1 Å². The maximum absolute atomic E-state index is 5.58. The molecule has 98 valence electrons. The van der Waals surface area contributed by atoms with E-state index in [0.29, 0.717) is 16.7 Å². The number of fused-ring (bicyclic) bond motifs is 1. The summed E-state index contributed by atoms with van der Waals surface area (Å²) in [5.41, 5.74) is 8.82. The molecule has 3 rings (SSSR count). The van der Waals surface area contributed by atoms with E-state index < -0.39 is 0 Å². The van der Waals surface area contributed by atoms with E-state index in [9.17, 15) is 0 Å². The minimum Gasteiger partial charge on any atom is -0.388 e. The van der Waals surface area contributed by atoms with Gasteiger partial charge in [0.1, 0.15) is 4.99 Å². The van der Waals surface area contributed by atoms with Gasteiger partial charge in [-0.25, -0.2) is 0 Å². The van der Waals surface area contributed by atoms with Crippen LogP contribution >= 0.6 is 23.6 Å². The molecule has 1 atom stereocenters. The summed E-state index contributed by atoms with van der Waals surface area (Å²) in [6.45, 7) is 3.27. The van der Waals surface area contributed by atoms with Gasteiger partial charge in [-0.3, -0.25) is 4.98 Å². The number of thiophene rings is 1. The highest BCUT2D eigenvalue weighted by atomic mass is 32.1. The number of nitrogens with zero attached hydrogens (tertiary/aromatic N) is 2. The van der Waals surface area contributed by atoms with Crippen molar-refractivity contribution in [3.63, 3.8) is 0 Å². The zero-order chi connectivity index (χ0) is 13.4. The molecule has 2 N–H and O–H groups in total. The smallest absolute Gasteiger partial charge is 0.122 e. The minimum atomic E-state index is 0.346. The monoisotopic (exact) mass is 289 g/mol. The summed E-state index contributed by atoms with van der Waals surface area (Å²) in [5.74, 6) is 0. The lowest BCUT2D eigenvalue weighted by atomic mass is 10.0. The van der Waals surface area contributed by atoms with Crippen molar-refractivity contribution in [1.82, 2.24) is 4.98 Å². The van der Waals surface area contributed by atoms with Crippen LogP contribution in [0.5, 0.6) is 0 Å². The van der Waals surface area contributed by atoms with E-state index in [1.165, 1.54) is 10.4 Å². The zero-order valence-electron chi connectivity index (χ0n) is 10.7. The molecular formula is C14H15N3S2. The van der Waals surface area contributed by atoms with Crippen LogP contribution in [-0.4, -0.2) is 16.5 Å². The maximum atomic E-state index is 5.58. The Morgan fingerprint density at radius 1 is 1.47 bits per heavy atom. The molecule has 5 heteroatoms. The molecule has 0 spiro atoms. The van der Waals surface area contributed by atoms with E-state index in [4.69, 9.17) is 18.0 Å². The highest BCUT2D eigenvalue weighted by Gasteiger charge is 2.24. The van der Waals surface area contributed by atoms with Gasteiger partial charge >= 0.3 is 0 Å². The van der Waals surface area contributed by atoms with Crippen molar-refractivity contribution in [2.24, 2.45) is 5.73 Å². The second-order valence-electron chi connectivity index (χ2n) is 4.68. The summed E-state index contributed by atoms with van der Waals surface area (Å²) in [7, 11) is 0. The topological polar surface area (TPSA) is 42.1 Å². The van der Waals surface area contributed by atoms with Crippen molar-refractivity contribution >= 4 is 34.2 Å². The number of rotatable bonds is 2. The van der Waals surface area contributed by atoms with E-state index in [1.807, 2.05) is 23.6 Å². The Morgan fingerprint density at radius 3 is 3.00 bits per heavy atom. The molecule has 1 unspecified atom stereocenters. The van der Waals surface area contributed by atoms with Crippen molar-refractivity contribution in [3.8, 4) is 0 Å². The molecule has 3 nitrogen and oxygen atoms in total. The first-order valence-corrected chi connectivity index (χ1v) is 7.54. The molecule has 0 bridgehead atoms. The van der Waals surface area contributed by atoms with Crippen molar-refractivity contribution < 1.29 is 0 Å².